The van der Waals surface area contributed by atoms with Crippen molar-refractivity contribution in [3.63, 3.8) is 0 Å². The van der Waals surface area contributed by atoms with Gasteiger partial charge in [-0.1, -0.05) is 12.1 Å². The third kappa shape index (κ3) is 2.53. The Bertz CT molecular complexity index is 526. The van der Waals surface area contributed by atoms with E-state index in [2.05, 4.69) is 15.3 Å². The number of aryl methyl sites for hydroxylation is 1. The van der Waals surface area contributed by atoms with Crippen LogP contribution >= 0.6 is 0 Å². The summed E-state index contributed by atoms with van der Waals surface area (Å²) in [5.74, 6) is 2.14. The molecule has 0 aliphatic carbocycles. The molecule has 4 heteroatoms. The van der Waals surface area contributed by atoms with E-state index in [-0.39, 0.29) is 0 Å². The van der Waals surface area contributed by atoms with Gasteiger partial charge in [0, 0.05) is 7.05 Å². The molecular weight excluding hydrogens is 214 g/mol. The van der Waals surface area contributed by atoms with Crippen molar-refractivity contribution in [1.29, 1.82) is 0 Å². The van der Waals surface area contributed by atoms with E-state index in [9.17, 15) is 0 Å². The third-order valence-corrected chi connectivity index (χ3v) is 2.48. The van der Waals surface area contributed by atoms with Crippen molar-refractivity contribution in [3.8, 4) is 11.6 Å². The predicted molar refractivity (Wildman–Crippen MR) is 67.6 cm³/mol. The lowest BCUT2D eigenvalue weighted by molar-refractivity contribution is 0.457. The second kappa shape index (κ2) is 4.82. The Kier molecular flexibility index (Phi) is 3.23. The van der Waals surface area contributed by atoms with Crippen LogP contribution in [0.1, 0.15) is 11.1 Å². The second-order valence-corrected chi connectivity index (χ2v) is 3.82. The summed E-state index contributed by atoms with van der Waals surface area (Å²) in [5.41, 5.74) is 2.06. The maximum absolute atomic E-state index is 5.74. The Hall–Kier alpha value is -2.10. The van der Waals surface area contributed by atoms with E-state index in [1.807, 2.05) is 45.2 Å². The van der Waals surface area contributed by atoms with Crippen molar-refractivity contribution in [1.82, 2.24) is 9.97 Å². The van der Waals surface area contributed by atoms with Gasteiger partial charge in [0.15, 0.2) is 0 Å². The fourth-order valence-electron chi connectivity index (χ4n) is 1.58. The summed E-state index contributed by atoms with van der Waals surface area (Å²) in [6.07, 6.45) is 1.49. The average molecular weight is 229 g/mol. The van der Waals surface area contributed by atoms with Crippen LogP contribution in [0.2, 0.25) is 0 Å². The van der Waals surface area contributed by atoms with Gasteiger partial charge < -0.3 is 10.1 Å². The molecule has 1 aromatic heterocycles. The highest BCUT2D eigenvalue weighted by Gasteiger charge is 2.07. The topological polar surface area (TPSA) is 47.0 Å². The van der Waals surface area contributed by atoms with Crippen LogP contribution in [0.3, 0.4) is 0 Å². The molecule has 1 aromatic carbocycles. The third-order valence-electron chi connectivity index (χ3n) is 2.48. The van der Waals surface area contributed by atoms with Crippen molar-refractivity contribution in [3.05, 3.63) is 41.7 Å². The molecule has 0 bridgehead atoms. The molecule has 0 aliphatic rings. The number of rotatable bonds is 3. The molecule has 0 saturated carbocycles. The van der Waals surface area contributed by atoms with Crippen LogP contribution in [-0.4, -0.2) is 17.0 Å². The molecule has 88 valence electrons. The van der Waals surface area contributed by atoms with E-state index in [1.54, 1.807) is 0 Å². The lowest BCUT2D eigenvalue weighted by Crippen LogP contribution is -1.99. The molecule has 0 spiro atoms. The molecule has 17 heavy (non-hydrogen) atoms. The minimum atomic E-state index is 0.579. The highest BCUT2D eigenvalue weighted by molar-refractivity contribution is 5.48. The number of aromatic nitrogens is 2. The fourth-order valence-corrected chi connectivity index (χ4v) is 1.58. The molecule has 0 amide bonds. The summed E-state index contributed by atoms with van der Waals surface area (Å²) in [7, 11) is 1.83. The highest BCUT2D eigenvalue weighted by Crippen LogP contribution is 2.25. The van der Waals surface area contributed by atoms with Crippen molar-refractivity contribution in [2.75, 3.05) is 12.4 Å². The molecular formula is C13H15N3O. The Morgan fingerprint density at radius 1 is 1.18 bits per heavy atom. The van der Waals surface area contributed by atoms with Crippen LogP contribution in [0.15, 0.2) is 30.6 Å². The minimum absolute atomic E-state index is 0.579. The van der Waals surface area contributed by atoms with Crippen molar-refractivity contribution >= 4 is 5.82 Å². The van der Waals surface area contributed by atoms with Crippen LogP contribution in [0.5, 0.6) is 11.6 Å². The van der Waals surface area contributed by atoms with E-state index in [0.29, 0.717) is 5.88 Å². The fraction of sp³-hybridized carbons (Fsp3) is 0.231. The molecule has 0 unspecified atom stereocenters. The zero-order chi connectivity index (χ0) is 12.3. The first kappa shape index (κ1) is 11.4. The van der Waals surface area contributed by atoms with Crippen LogP contribution in [-0.2, 0) is 0 Å². The summed E-state index contributed by atoms with van der Waals surface area (Å²) < 4.78 is 5.74. The molecule has 2 aromatic rings. The van der Waals surface area contributed by atoms with Gasteiger partial charge in [0.25, 0.3) is 0 Å². The quantitative estimate of drug-likeness (QED) is 0.879. The molecule has 0 atom stereocenters. The van der Waals surface area contributed by atoms with Crippen molar-refractivity contribution in [2.24, 2.45) is 0 Å². The van der Waals surface area contributed by atoms with E-state index < -0.39 is 0 Å². The van der Waals surface area contributed by atoms with Crippen molar-refractivity contribution < 1.29 is 4.74 Å². The minimum Gasteiger partial charge on any atom is -0.439 e. The van der Waals surface area contributed by atoms with Crippen LogP contribution < -0.4 is 10.1 Å². The monoisotopic (exact) mass is 229 g/mol. The molecule has 0 saturated heterocycles. The average Bonchev–Trinajstić information content (AvgIpc) is 2.32. The Labute approximate surface area is 101 Å². The van der Waals surface area contributed by atoms with Gasteiger partial charge in [0.05, 0.1) is 5.56 Å². The number of ether oxygens (including phenoxy) is 1. The van der Waals surface area contributed by atoms with Crippen LogP contribution in [0, 0.1) is 13.8 Å². The molecule has 1 heterocycles. The Morgan fingerprint density at radius 2 is 2.00 bits per heavy atom. The highest BCUT2D eigenvalue weighted by atomic mass is 16.5. The van der Waals surface area contributed by atoms with E-state index in [4.69, 9.17) is 4.74 Å². The maximum atomic E-state index is 5.74. The Morgan fingerprint density at radius 3 is 2.71 bits per heavy atom. The molecule has 2 rings (SSSR count). The second-order valence-electron chi connectivity index (χ2n) is 3.82. The SMILES string of the molecule is CNc1ncnc(Oc2cccc(C)c2)c1C. The molecule has 0 radical (unpaired) electrons. The van der Waals surface area contributed by atoms with Gasteiger partial charge in [0.2, 0.25) is 5.88 Å². The largest absolute Gasteiger partial charge is 0.439 e. The standard InChI is InChI=1S/C13H15N3O/c1-9-5-4-6-11(7-9)17-13-10(2)12(14-3)15-8-16-13/h4-8H,1-3H3,(H,14,15,16). The summed E-state index contributed by atoms with van der Waals surface area (Å²) in [4.78, 5) is 8.25. The molecule has 0 fully saturated rings. The normalized spacial score (nSPS) is 10.1. The lowest BCUT2D eigenvalue weighted by atomic mass is 10.2. The van der Waals surface area contributed by atoms with Gasteiger partial charge >= 0.3 is 0 Å². The van der Waals surface area contributed by atoms with Gasteiger partial charge in [0.1, 0.15) is 17.9 Å². The molecule has 1 N–H and O–H groups in total. The number of hydrogen-bond donors (Lipinski definition) is 1. The summed E-state index contributed by atoms with van der Waals surface area (Å²) in [6.45, 7) is 3.95. The van der Waals surface area contributed by atoms with Crippen molar-refractivity contribution in [2.45, 2.75) is 13.8 Å². The van der Waals surface area contributed by atoms with Crippen LogP contribution in [0.25, 0.3) is 0 Å². The number of hydrogen-bond acceptors (Lipinski definition) is 4. The van der Waals surface area contributed by atoms with Gasteiger partial charge in [-0.05, 0) is 31.5 Å². The smallest absolute Gasteiger partial charge is 0.227 e. The maximum Gasteiger partial charge on any atom is 0.227 e. The predicted octanol–water partition coefficient (Wildman–Crippen LogP) is 2.93. The summed E-state index contributed by atoms with van der Waals surface area (Å²) >= 11 is 0. The summed E-state index contributed by atoms with van der Waals surface area (Å²) in [5, 5.41) is 3.00. The van der Waals surface area contributed by atoms with Gasteiger partial charge in [-0.25, -0.2) is 9.97 Å². The van der Waals surface area contributed by atoms with E-state index >= 15 is 0 Å². The molecule has 0 aliphatic heterocycles. The number of nitrogens with one attached hydrogen (secondary N) is 1. The lowest BCUT2D eigenvalue weighted by Gasteiger charge is -2.10. The first-order valence-electron chi connectivity index (χ1n) is 5.44. The number of nitrogens with zero attached hydrogens (tertiary/aromatic N) is 2. The zero-order valence-electron chi connectivity index (χ0n) is 10.2. The van der Waals surface area contributed by atoms with Gasteiger partial charge in [-0.15, -0.1) is 0 Å². The van der Waals surface area contributed by atoms with Gasteiger partial charge in [-0.2, -0.15) is 0 Å². The van der Waals surface area contributed by atoms with Gasteiger partial charge in [-0.3, -0.25) is 0 Å². The van der Waals surface area contributed by atoms with E-state index in [1.165, 1.54) is 6.33 Å². The Balaban J connectivity index is 2.30. The zero-order valence-corrected chi connectivity index (χ0v) is 10.2. The first-order chi connectivity index (χ1) is 8.20. The summed E-state index contributed by atoms with van der Waals surface area (Å²) in [6, 6.07) is 7.87. The number of anilines is 1. The molecule has 4 nitrogen and oxygen atoms in total. The first-order valence-corrected chi connectivity index (χ1v) is 5.44. The van der Waals surface area contributed by atoms with E-state index in [0.717, 1.165) is 22.7 Å². The van der Waals surface area contributed by atoms with Crippen LogP contribution in [0.4, 0.5) is 5.82 Å². The number of benzene rings is 1.